The largest absolute Gasteiger partial charge is 0.508 e. The van der Waals surface area contributed by atoms with Crippen molar-refractivity contribution in [2.24, 2.45) is 0 Å². The van der Waals surface area contributed by atoms with E-state index >= 15 is 0 Å². The van der Waals surface area contributed by atoms with Crippen molar-refractivity contribution in [1.82, 2.24) is 10.2 Å². The zero-order valence-electron chi connectivity index (χ0n) is 18.8. The van der Waals surface area contributed by atoms with E-state index < -0.39 is 29.3 Å². The van der Waals surface area contributed by atoms with Crippen LogP contribution in [0, 0.1) is 11.6 Å². The number of hydrogen-bond donors (Lipinski definition) is 2. The number of thioether (sulfide) groups is 1. The highest BCUT2D eigenvalue weighted by molar-refractivity contribution is 8.00. The Bertz CT molecular complexity index is 1500. The van der Waals surface area contributed by atoms with Crippen molar-refractivity contribution in [3.05, 3.63) is 107 Å². The molecular weight excluding hydrogens is 520 g/mol. The van der Waals surface area contributed by atoms with Crippen molar-refractivity contribution in [3.63, 3.8) is 0 Å². The van der Waals surface area contributed by atoms with E-state index in [4.69, 9.17) is 0 Å². The highest BCUT2D eigenvalue weighted by atomic mass is 32.2. The van der Waals surface area contributed by atoms with Crippen LogP contribution in [0.15, 0.2) is 82.7 Å². The summed E-state index contributed by atoms with van der Waals surface area (Å²) in [5.74, 6) is -2.70. The van der Waals surface area contributed by atoms with Crippen LogP contribution in [0.5, 0.6) is 5.75 Å². The summed E-state index contributed by atoms with van der Waals surface area (Å²) in [5.41, 5.74) is 1.28. The van der Waals surface area contributed by atoms with Gasteiger partial charge in [-0.3, -0.25) is 14.5 Å². The number of aromatic hydroxyl groups is 1. The van der Waals surface area contributed by atoms with Crippen LogP contribution in [-0.2, 0) is 15.3 Å². The maximum absolute atomic E-state index is 13.4. The summed E-state index contributed by atoms with van der Waals surface area (Å²) in [6.07, 6.45) is 0. The molecule has 0 aliphatic carbocycles. The number of phenolic OH excluding ortho intramolecular Hbond substituents is 1. The van der Waals surface area contributed by atoms with Crippen molar-refractivity contribution in [2.45, 2.75) is 16.1 Å². The van der Waals surface area contributed by atoms with E-state index in [-0.39, 0.29) is 27.8 Å². The number of anilines is 1. The molecule has 1 saturated heterocycles. The van der Waals surface area contributed by atoms with Crippen LogP contribution in [0.25, 0.3) is 5.76 Å². The number of carbonyl (C=O) groups excluding carboxylic acids is 2. The Balaban J connectivity index is 1.53. The van der Waals surface area contributed by atoms with Gasteiger partial charge in [-0.2, -0.15) is 0 Å². The summed E-state index contributed by atoms with van der Waals surface area (Å²) < 4.78 is 27.1. The van der Waals surface area contributed by atoms with Crippen LogP contribution in [0.2, 0.25) is 0 Å². The number of hydrogen-bond acceptors (Lipinski definition) is 8. The lowest BCUT2D eigenvalue weighted by atomic mass is 9.95. The molecule has 4 aromatic rings. The second kappa shape index (κ2) is 10.1. The van der Waals surface area contributed by atoms with E-state index in [9.17, 15) is 28.6 Å². The third-order valence-corrected chi connectivity index (χ3v) is 7.78. The van der Waals surface area contributed by atoms with Gasteiger partial charge in [-0.25, -0.2) is 8.78 Å². The number of phenols is 1. The highest BCUT2D eigenvalue weighted by Gasteiger charge is 2.48. The van der Waals surface area contributed by atoms with Gasteiger partial charge in [-0.15, -0.1) is 10.2 Å². The van der Waals surface area contributed by atoms with Gasteiger partial charge in [0.25, 0.3) is 5.78 Å². The third-order valence-electron chi connectivity index (χ3n) is 5.65. The van der Waals surface area contributed by atoms with Gasteiger partial charge >= 0.3 is 5.91 Å². The number of aromatic nitrogens is 2. The van der Waals surface area contributed by atoms with E-state index in [1.165, 1.54) is 60.3 Å². The van der Waals surface area contributed by atoms with E-state index in [0.29, 0.717) is 15.7 Å². The molecule has 11 heteroatoms. The molecule has 7 nitrogen and oxygen atoms in total. The fraction of sp³-hybridized carbons (Fsp3) is 0.0769. The number of aliphatic hydroxyl groups excluding tert-OH is 1. The summed E-state index contributed by atoms with van der Waals surface area (Å²) >= 11 is 2.42. The Kier molecular flexibility index (Phi) is 6.72. The number of ketones is 1. The lowest BCUT2D eigenvalue weighted by molar-refractivity contribution is -0.132. The number of halogens is 2. The second-order valence-electron chi connectivity index (χ2n) is 8.03. The Hall–Kier alpha value is -4.09. The predicted molar refractivity (Wildman–Crippen MR) is 135 cm³/mol. The Morgan fingerprint density at radius 1 is 0.919 bits per heavy atom. The van der Waals surface area contributed by atoms with Crippen LogP contribution in [0.4, 0.5) is 13.9 Å². The zero-order valence-corrected chi connectivity index (χ0v) is 20.5. The lowest BCUT2D eigenvalue weighted by Gasteiger charge is -2.22. The first-order valence-electron chi connectivity index (χ1n) is 10.9. The molecule has 0 bridgehead atoms. The fourth-order valence-corrected chi connectivity index (χ4v) is 5.67. The molecule has 1 fully saturated rings. The lowest BCUT2D eigenvalue weighted by Crippen LogP contribution is -2.29. The number of nitrogens with zero attached hydrogens (tertiary/aromatic N) is 3. The normalized spacial score (nSPS) is 16.9. The minimum Gasteiger partial charge on any atom is -0.508 e. The van der Waals surface area contributed by atoms with Crippen molar-refractivity contribution < 1.29 is 28.6 Å². The Morgan fingerprint density at radius 2 is 1.54 bits per heavy atom. The van der Waals surface area contributed by atoms with E-state index in [2.05, 4.69) is 10.2 Å². The van der Waals surface area contributed by atoms with Crippen LogP contribution in [0.3, 0.4) is 0 Å². The van der Waals surface area contributed by atoms with Gasteiger partial charge in [0, 0.05) is 11.3 Å². The highest BCUT2D eigenvalue weighted by Crippen LogP contribution is 2.44. The van der Waals surface area contributed by atoms with Crippen molar-refractivity contribution in [3.8, 4) is 5.75 Å². The molecule has 1 aromatic heterocycles. The standard InChI is InChI=1S/C26H17F2N3O4S2/c27-17-7-1-14(2-8-17)13-36-26-30-29-25(37-26)31-21(15-5-11-19(32)12-6-15)20(23(34)24(31)35)22(33)16-3-9-18(28)10-4-16/h1-12,21,32-33H,13H2/b22-20-. The number of aliphatic hydroxyl groups is 1. The molecule has 0 radical (unpaired) electrons. The molecule has 1 aliphatic heterocycles. The summed E-state index contributed by atoms with van der Waals surface area (Å²) in [4.78, 5) is 27.5. The molecule has 3 aromatic carbocycles. The van der Waals surface area contributed by atoms with Gasteiger partial charge in [-0.1, -0.05) is 47.4 Å². The third kappa shape index (κ3) is 4.95. The van der Waals surface area contributed by atoms with Gasteiger partial charge < -0.3 is 10.2 Å². The first kappa shape index (κ1) is 24.6. The second-order valence-corrected chi connectivity index (χ2v) is 10.2. The summed E-state index contributed by atoms with van der Waals surface area (Å²) in [6.45, 7) is 0. The van der Waals surface area contributed by atoms with E-state index in [1.807, 2.05) is 0 Å². The van der Waals surface area contributed by atoms with Crippen LogP contribution < -0.4 is 4.90 Å². The monoisotopic (exact) mass is 537 g/mol. The van der Waals surface area contributed by atoms with E-state index in [1.54, 1.807) is 12.1 Å². The SMILES string of the molecule is O=C1C(=O)N(c2nnc(SCc3ccc(F)cc3)s2)C(c2ccc(O)cc2)/C1=C(/O)c1ccc(F)cc1. The summed E-state index contributed by atoms with van der Waals surface area (Å²) in [6, 6.07) is 15.7. The topological polar surface area (TPSA) is 104 Å². The molecule has 2 heterocycles. The van der Waals surface area contributed by atoms with Crippen molar-refractivity contribution in [1.29, 1.82) is 0 Å². The zero-order chi connectivity index (χ0) is 26.1. The minimum absolute atomic E-state index is 0.0189. The molecule has 1 aliphatic rings. The number of Topliss-reactive ketones (excluding diaryl/α,β-unsaturated/α-hetero) is 1. The molecule has 186 valence electrons. The maximum Gasteiger partial charge on any atom is 0.301 e. The van der Waals surface area contributed by atoms with Crippen molar-refractivity contribution >= 4 is 45.7 Å². The molecule has 0 saturated carbocycles. The smallest absolute Gasteiger partial charge is 0.301 e. The molecule has 5 rings (SSSR count). The number of benzene rings is 3. The molecule has 1 atom stereocenters. The molecule has 1 unspecified atom stereocenters. The Labute approximate surface area is 217 Å². The number of carbonyl (C=O) groups is 2. The molecule has 0 spiro atoms. The molecule has 2 N–H and O–H groups in total. The van der Waals surface area contributed by atoms with Gasteiger partial charge in [0.15, 0.2) is 4.34 Å². The maximum atomic E-state index is 13.4. The van der Waals surface area contributed by atoms with Crippen LogP contribution in [-0.4, -0.2) is 32.1 Å². The van der Waals surface area contributed by atoms with Gasteiger partial charge in [0.1, 0.15) is 23.1 Å². The molecular formula is C26H17F2N3O4S2. The van der Waals surface area contributed by atoms with Gasteiger partial charge in [0.2, 0.25) is 5.13 Å². The quantitative estimate of drug-likeness (QED) is 0.111. The Morgan fingerprint density at radius 3 is 2.19 bits per heavy atom. The van der Waals surface area contributed by atoms with Crippen molar-refractivity contribution in [2.75, 3.05) is 4.90 Å². The summed E-state index contributed by atoms with van der Waals surface area (Å²) in [7, 11) is 0. The first-order chi connectivity index (χ1) is 17.8. The minimum atomic E-state index is -1.06. The number of amides is 1. The van der Waals surface area contributed by atoms with Gasteiger partial charge in [-0.05, 0) is 59.7 Å². The van der Waals surface area contributed by atoms with Gasteiger partial charge in [0.05, 0.1) is 11.6 Å². The van der Waals surface area contributed by atoms with E-state index in [0.717, 1.165) is 33.9 Å². The molecule has 37 heavy (non-hydrogen) atoms. The number of rotatable bonds is 6. The summed E-state index contributed by atoms with van der Waals surface area (Å²) in [5, 5.41) is 29.2. The van der Waals surface area contributed by atoms with Crippen LogP contribution in [0.1, 0.15) is 22.7 Å². The predicted octanol–water partition coefficient (Wildman–Crippen LogP) is 5.44. The van der Waals surface area contributed by atoms with Crippen LogP contribution >= 0.6 is 23.1 Å². The first-order valence-corrected chi connectivity index (χ1v) is 12.7. The average molecular weight is 538 g/mol. The fourth-order valence-electron chi connectivity index (χ4n) is 3.85. The molecule has 1 amide bonds. The average Bonchev–Trinajstić information content (AvgIpc) is 3.46.